The highest BCUT2D eigenvalue weighted by Gasteiger charge is 2.26. The largest absolute Gasteiger partial charge is 0.396 e. The van der Waals surface area contributed by atoms with Crippen LogP contribution in [0, 0.1) is 17.7 Å². The van der Waals surface area contributed by atoms with Crippen molar-refractivity contribution in [1.82, 2.24) is 4.98 Å². The van der Waals surface area contributed by atoms with Gasteiger partial charge in [-0.05, 0) is 30.7 Å². The molecule has 1 aliphatic carbocycles. The van der Waals surface area contributed by atoms with E-state index in [9.17, 15) is 9.50 Å². The smallest absolute Gasteiger partial charge is 0.166 e. The van der Waals surface area contributed by atoms with Crippen LogP contribution in [0.4, 0.5) is 10.2 Å². The molecular weight excluding hydrogens is 243 g/mol. The first-order chi connectivity index (χ1) is 8.20. The van der Waals surface area contributed by atoms with Crippen LogP contribution < -0.4 is 5.32 Å². The van der Waals surface area contributed by atoms with Gasteiger partial charge in [0.15, 0.2) is 11.6 Å². The van der Waals surface area contributed by atoms with Gasteiger partial charge in [0.05, 0.1) is 5.02 Å². The van der Waals surface area contributed by atoms with Crippen molar-refractivity contribution in [2.24, 2.45) is 11.8 Å². The van der Waals surface area contributed by atoms with Gasteiger partial charge in [0, 0.05) is 19.3 Å². The Morgan fingerprint density at radius 2 is 2.24 bits per heavy atom. The molecule has 0 aromatic carbocycles. The van der Waals surface area contributed by atoms with Crippen molar-refractivity contribution in [3.05, 3.63) is 23.1 Å². The number of nitrogens with one attached hydrogen (secondary N) is 1. The van der Waals surface area contributed by atoms with Gasteiger partial charge in [-0.15, -0.1) is 0 Å². The monoisotopic (exact) mass is 258 g/mol. The SMILES string of the molecule is OCC1CCCC1CNc1ncc(Cl)cc1F. The maximum atomic E-state index is 13.4. The fourth-order valence-electron chi connectivity index (χ4n) is 2.40. The van der Waals surface area contributed by atoms with Crippen LogP contribution in [-0.2, 0) is 0 Å². The summed E-state index contributed by atoms with van der Waals surface area (Å²) in [4.78, 5) is 3.91. The number of rotatable bonds is 4. The summed E-state index contributed by atoms with van der Waals surface area (Å²) in [5, 5.41) is 12.5. The van der Waals surface area contributed by atoms with E-state index in [-0.39, 0.29) is 12.4 Å². The first-order valence-corrected chi connectivity index (χ1v) is 6.24. The highest BCUT2D eigenvalue weighted by molar-refractivity contribution is 6.30. The van der Waals surface area contributed by atoms with Crippen LogP contribution >= 0.6 is 11.6 Å². The second-order valence-corrected chi connectivity index (χ2v) is 4.93. The summed E-state index contributed by atoms with van der Waals surface area (Å²) >= 11 is 5.63. The van der Waals surface area contributed by atoms with Crippen molar-refractivity contribution in [3.8, 4) is 0 Å². The Bertz CT molecular complexity index is 389. The molecule has 2 rings (SSSR count). The van der Waals surface area contributed by atoms with Crippen LogP contribution in [-0.4, -0.2) is 23.2 Å². The second kappa shape index (κ2) is 5.65. The summed E-state index contributed by atoms with van der Waals surface area (Å²) in [7, 11) is 0. The first-order valence-electron chi connectivity index (χ1n) is 5.86. The second-order valence-electron chi connectivity index (χ2n) is 4.50. The number of hydrogen-bond donors (Lipinski definition) is 2. The molecule has 94 valence electrons. The minimum atomic E-state index is -0.434. The van der Waals surface area contributed by atoms with E-state index in [1.807, 2.05) is 0 Å². The molecule has 1 aromatic rings. The molecule has 0 saturated heterocycles. The van der Waals surface area contributed by atoms with Crippen molar-refractivity contribution in [2.45, 2.75) is 19.3 Å². The van der Waals surface area contributed by atoms with Gasteiger partial charge in [0.1, 0.15) is 0 Å². The van der Waals surface area contributed by atoms with Crippen molar-refractivity contribution in [1.29, 1.82) is 0 Å². The molecule has 3 nitrogen and oxygen atoms in total. The molecule has 1 fully saturated rings. The van der Waals surface area contributed by atoms with Gasteiger partial charge in [-0.3, -0.25) is 0 Å². The first kappa shape index (κ1) is 12.6. The number of aromatic nitrogens is 1. The zero-order valence-corrected chi connectivity index (χ0v) is 10.3. The average molecular weight is 259 g/mol. The quantitative estimate of drug-likeness (QED) is 0.873. The summed E-state index contributed by atoms with van der Waals surface area (Å²) in [6.07, 6.45) is 4.69. The molecule has 0 spiro atoms. The molecule has 0 aliphatic heterocycles. The summed E-state index contributed by atoms with van der Waals surface area (Å²) in [5.74, 6) is 0.531. The molecule has 0 radical (unpaired) electrons. The maximum Gasteiger partial charge on any atom is 0.166 e. The lowest BCUT2D eigenvalue weighted by Crippen LogP contribution is -2.21. The molecule has 0 bridgehead atoms. The molecule has 17 heavy (non-hydrogen) atoms. The number of pyridine rings is 1. The summed E-state index contributed by atoms with van der Waals surface area (Å²) < 4.78 is 13.4. The van der Waals surface area contributed by atoms with E-state index in [1.54, 1.807) is 0 Å². The number of nitrogens with zero attached hydrogens (tertiary/aromatic N) is 1. The minimum absolute atomic E-state index is 0.211. The van der Waals surface area contributed by atoms with Crippen LogP contribution in [0.2, 0.25) is 5.02 Å². The molecule has 5 heteroatoms. The van der Waals surface area contributed by atoms with Gasteiger partial charge in [-0.2, -0.15) is 0 Å². The minimum Gasteiger partial charge on any atom is -0.396 e. The lowest BCUT2D eigenvalue weighted by Gasteiger charge is -2.18. The van der Waals surface area contributed by atoms with E-state index in [0.29, 0.717) is 23.4 Å². The van der Waals surface area contributed by atoms with Gasteiger partial charge in [-0.25, -0.2) is 9.37 Å². The Hall–Kier alpha value is -0.870. The third-order valence-corrected chi connectivity index (χ3v) is 3.60. The highest BCUT2D eigenvalue weighted by atomic mass is 35.5. The van der Waals surface area contributed by atoms with Crippen molar-refractivity contribution in [2.75, 3.05) is 18.5 Å². The molecular formula is C12H16ClFN2O. The zero-order valence-electron chi connectivity index (χ0n) is 9.50. The third kappa shape index (κ3) is 3.07. The summed E-state index contributed by atoms with van der Waals surface area (Å²) in [6.45, 7) is 0.861. The number of aliphatic hydroxyl groups excluding tert-OH is 1. The van der Waals surface area contributed by atoms with E-state index < -0.39 is 5.82 Å². The average Bonchev–Trinajstić information content (AvgIpc) is 2.75. The van der Waals surface area contributed by atoms with Crippen molar-refractivity contribution >= 4 is 17.4 Å². The standard InChI is InChI=1S/C12H16ClFN2O/c13-10-4-11(14)12(16-6-10)15-5-8-2-1-3-9(8)7-17/h4,6,8-9,17H,1-3,5,7H2,(H,15,16). The Labute approximate surface area is 105 Å². The fraction of sp³-hybridized carbons (Fsp3) is 0.583. The summed E-state index contributed by atoms with van der Waals surface area (Å²) in [5.41, 5.74) is 0. The number of anilines is 1. The van der Waals surface area contributed by atoms with E-state index in [2.05, 4.69) is 10.3 Å². The lowest BCUT2D eigenvalue weighted by molar-refractivity contribution is 0.199. The van der Waals surface area contributed by atoms with Gasteiger partial charge in [-0.1, -0.05) is 18.0 Å². The Morgan fingerprint density at radius 1 is 1.47 bits per heavy atom. The molecule has 2 N–H and O–H groups in total. The molecule has 1 aliphatic rings. The van der Waals surface area contributed by atoms with E-state index in [0.717, 1.165) is 19.3 Å². The Kier molecular flexibility index (Phi) is 4.18. The third-order valence-electron chi connectivity index (χ3n) is 3.39. The predicted molar refractivity (Wildman–Crippen MR) is 65.6 cm³/mol. The lowest BCUT2D eigenvalue weighted by atomic mass is 9.97. The van der Waals surface area contributed by atoms with Crippen molar-refractivity contribution < 1.29 is 9.50 Å². The van der Waals surface area contributed by atoms with E-state index in [1.165, 1.54) is 12.3 Å². The topological polar surface area (TPSA) is 45.1 Å². The molecule has 1 aromatic heterocycles. The Morgan fingerprint density at radius 3 is 2.94 bits per heavy atom. The maximum absolute atomic E-state index is 13.4. The van der Waals surface area contributed by atoms with Crippen LogP contribution in [0.15, 0.2) is 12.3 Å². The van der Waals surface area contributed by atoms with Gasteiger partial charge < -0.3 is 10.4 Å². The fourth-order valence-corrected chi connectivity index (χ4v) is 2.54. The molecule has 2 unspecified atom stereocenters. The molecule has 1 heterocycles. The van der Waals surface area contributed by atoms with Crippen molar-refractivity contribution in [3.63, 3.8) is 0 Å². The normalized spacial score (nSPS) is 23.9. The van der Waals surface area contributed by atoms with Gasteiger partial charge in [0.25, 0.3) is 0 Å². The highest BCUT2D eigenvalue weighted by Crippen LogP contribution is 2.31. The van der Waals surface area contributed by atoms with E-state index in [4.69, 9.17) is 11.6 Å². The zero-order chi connectivity index (χ0) is 12.3. The van der Waals surface area contributed by atoms with Crippen LogP contribution in [0.1, 0.15) is 19.3 Å². The number of halogens is 2. The van der Waals surface area contributed by atoms with Gasteiger partial charge in [0.2, 0.25) is 0 Å². The molecule has 1 saturated carbocycles. The van der Waals surface area contributed by atoms with Crippen LogP contribution in [0.5, 0.6) is 0 Å². The van der Waals surface area contributed by atoms with E-state index >= 15 is 0 Å². The molecule has 0 amide bonds. The Balaban J connectivity index is 1.93. The number of aliphatic hydroxyl groups is 1. The predicted octanol–water partition coefficient (Wildman–Crippen LogP) is 2.69. The van der Waals surface area contributed by atoms with Gasteiger partial charge >= 0.3 is 0 Å². The van der Waals surface area contributed by atoms with Crippen LogP contribution in [0.25, 0.3) is 0 Å². The van der Waals surface area contributed by atoms with Crippen LogP contribution in [0.3, 0.4) is 0 Å². The number of hydrogen-bond acceptors (Lipinski definition) is 3. The molecule has 2 atom stereocenters. The summed E-state index contributed by atoms with van der Waals surface area (Å²) in [6, 6.07) is 1.25.